The van der Waals surface area contributed by atoms with Crippen LogP contribution in [0.3, 0.4) is 0 Å². The van der Waals surface area contributed by atoms with Crippen molar-refractivity contribution in [2.24, 2.45) is 10.8 Å². The van der Waals surface area contributed by atoms with Gasteiger partial charge in [0.2, 0.25) is 0 Å². The number of carbonyl (C=O) groups is 11. The van der Waals surface area contributed by atoms with Gasteiger partial charge in [-0.05, 0) is 134 Å². The molecule has 0 unspecified atom stereocenters. The van der Waals surface area contributed by atoms with Crippen molar-refractivity contribution in [3.63, 3.8) is 0 Å². The highest BCUT2D eigenvalue weighted by molar-refractivity contribution is 5.95. The first-order valence-corrected chi connectivity index (χ1v) is 27.5. The molecule has 0 aliphatic rings. The Kier molecular flexibility index (Phi) is 26.7. The van der Waals surface area contributed by atoms with E-state index in [0.717, 1.165) is 31.4 Å². The Bertz CT molecular complexity index is 3290. The van der Waals surface area contributed by atoms with Gasteiger partial charge in [-0.15, -0.1) is 0 Å². The molecule has 5 rings (SSSR count). The molecule has 0 heterocycles. The molecule has 0 aliphatic carbocycles. The molecule has 0 aromatic heterocycles. The largest absolute Gasteiger partial charge is 0.466 e. The number of methoxy groups -OCH3 is 4. The number of carbonyl (C=O) groups excluding carboxylic acids is 11. The highest BCUT2D eigenvalue weighted by atomic mass is 16.6. The zero-order valence-corrected chi connectivity index (χ0v) is 49.9. The van der Waals surface area contributed by atoms with Crippen molar-refractivity contribution in [1.82, 2.24) is 0 Å². The molecule has 0 fully saturated rings. The second-order valence-electron chi connectivity index (χ2n) is 20.0. The molecule has 0 amide bonds. The lowest BCUT2D eigenvalue weighted by atomic mass is 9.92. The molecule has 0 N–H and O–H groups in total. The van der Waals surface area contributed by atoms with Gasteiger partial charge in [0.15, 0.2) is 11.5 Å². The number of rotatable bonds is 30. The van der Waals surface area contributed by atoms with Gasteiger partial charge in [0.25, 0.3) is 0 Å². The van der Waals surface area contributed by atoms with Crippen molar-refractivity contribution < 1.29 is 105 Å². The number of esters is 11. The lowest BCUT2D eigenvalue weighted by molar-refractivity contribution is -0.153. The van der Waals surface area contributed by atoms with Gasteiger partial charge >= 0.3 is 65.7 Å². The monoisotopic (exact) mass is 1220 g/mol. The maximum Gasteiger partial charge on any atom is 0.338 e. The van der Waals surface area contributed by atoms with E-state index in [2.05, 4.69) is 18.9 Å². The average molecular weight is 1220 g/mol. The third-order valence-electron chi connectivity index (χ3n) is 12.9. The standard InChI is InChI=1S/C67H66O22/c1-8-9-10-11-38-83-63(76)52-32-33-53(88-64(77)66(2,40-84-59(72)48-24-12-44(13-25-48)20-34-55(68)79-4)41-85-60(73)49-26-14-45(15-27-49)21-35-56(69)80-5)54(39-52)89-65(78)67(3,42-86-61(74)50-28-16-46(17-29-50)22-36-57(70)81-6)43-87-62(75)51-30-18-47(19-31-51)23-37-58(71)82-7/h12-37,39H,8-11,38,40-43H2,1-7H3. The molecule has 22 nitrogen and oxygen atoms in total. The van der Waals surface area contributed by atoms with Crippen LogP contribution in [-0.2, 0) is 71.4 Å². The number of hydrogen-bond acceptors (Lipinski definition) is 22. The average Bonchev–Trinajstić information content (AvgIpc) is 2.91. The fourth-order valence-electron chi connectivity index (χ4n) is 7.42. The van der Waals surface area contributed by atoms with Gasteiger partial charge < -0.3 is 52.1 Å². The quantitative estimate of drug-likeness (QED) is 0.0136. The van der Waals surface area contributed by atoms with Gasteiger partial charge in [0.1, 0.15) is 37.3 Å². The summed E-state index contributed by atoms with van der Waals surface area (Å²) >= 11 is 0. The Morgan fingerprint density at radius 2 is 0.629 bits per heavy atom. The van der Waals surface area contributed by atoms with Crippen LogP contribution in [0.4, 0.5) is 0 Å². The zero-order valence-electron chi connectivity index (χ0n) is 49.9. The van der Waals surface area contributed by atoms with Gasteiger partial charge in [-0.2, -0.15) is 0 Å². The molecule has 5 aromatic rings. The van der Waals surface area contributed by atoms with Crippen LogP contribution >= 0.6 is 0 Å². The number of hydrogen-bond donors (Lipinski definition) is 0. The fraction of sp³-hybridized carbons (Fsp3) is 0.269. The van der Waals surface area contributed by atoms with Crippen molar-refractivity contribution in [3.8, 4) is 11.5 Å². The zero-order chi connectivity index (χ0) is 64.9. The first-order valence-electron chi connectivity index (χ1n) is 27.5. The molecule has 89 heavy (non-hydrogen) atoms. The Balaban J connectivity index is 1.51. The summed E-state index contributed by atoms with van der Waals surface area (Å²) in [7, 11) is 4.85. The van der Waals surface area contributed by atoms with Gasteiger partial charge in [0, 0.05) is 24.3 Å². The molecular weight excluding hydrogens is 1160 g/mol. The van der Waals surface area contributed by atoms with Crippen molar-refractivity contribution in [2.45, 2.75) is 46.5 Å². The second-order valence-corrected chi connectivity index (χ2v) is 20.0. The molecule has 5 aromatic carbocycles. The van der Waals surface area contributed by atoms with E-state index in [-0.39, 0.29) is 34.4 Å². The smallest absolute Gasteiger partial charge is 0.338 e. The lowest BCUT2D eigenvalue weighted by Gasteiger charge is -2.28. The molecular formula is C67H66O22. The Labute approximate surface area is 512 Å². The SMILES string of the molecule is CCCCCCOC(=O)c1ccc(OC(=O)C(C)(COC(=O)c2ccc(C=CC(=O)OC)cc2)COC(=O)c2ccc(C=CC(=O)OC)cc2)c(OC(=O)C(C)(COC(=O)c2ccc(C=CC(=O)OC)cc2)COC(=O)c2ccc(C=CC(=O)OC)cc2)c1. The predicted octanol–water partition coefficient (Wildman–Crippen LogP) is 9.42. The van der Waals surface area contributed by atoms with Crippen molar-refractivity contribution in [1.29, 1.82) is 0 Å². The van der Waals surface area contributed by atoms with E-state index >= 15 is 0 Å². The van der Waals surface area contributed by atoms with Crippen molar-refractivity contribution >= 4 is 90.0 Å². The van der Waals surface area contributed by atoms with E-state index < -0.39 is 114 Å². The van der Waals surface area contributed by atoms with Gasteiger partial charge in [-0.3, -0.25) is 9.59 Å². The van der Waals surface area contributed by atoms with Crippen molar-refractivity contribution in [3.05, 3.63) is 190 Å². The first kappa shape index (κ1) is 69.0. The molecule has 0 saturated carbocycles. The fourth-order valence-corrected chi connectivity index (χ4v) is 7.42. The highest BCUT2D eigenvalue weighted by Gasteiger charge is 2.42. The van der Waals surface area contributed by atoms with Crippen LogP contribution in [0, 0.1) is 10.8 Å². The summed E-state index contributed by atoms with van der Waals surface area (Å²) in [4.78, 5) is 144. The topological polar surface area (TPSA) is 289 Å². The Morgan fingerprint density at radius 3 is 0.921 bits per heavy atom. The van der Waals surface area contributed by atoms with Crippen LogP contribution < -0.4 is 9.47 Å². The lowest BCUT2D eigenvalue weighted by Crippen LogP contribution is -2.42. The number of benzene rings is 5. The van der Waals surface area contributed by atoms with Crippen LogP contribution in [0.25, 0.3) is 24.3 Å². The van der Waals surface area contributed by atoms with Crippen LogP contribution in [-0.4, -0.2) is 127 Å². The van der Waals surface area contributed by atoms with Crippen LogP contribution in [0.2, 0.25) is 0 Å². The first-order chi connectivity index (χ1) is 42.6. The molecule has 0 spiro atoms. The molecule has 0 aliphatic heterocycles. The van der Waals surface area contributed by atoms with Gasteiger partial charge in [0.05, 0.1) is 62.9 Å². The van der Waals surface area contributed by atoms with E-state index in [1.165, 1.54) is 194 Å². The normalized spacial score (nSPS) is 12.4. The second kappa shape index (κ2) is 34.4. The maximum absolute atomic E-state index is 14.8. The van der Waals surface area contributed by atoms with Crippen LogP contribution in [0.1, 0.15) is 120 Å². The molecule has 0 bridgehead atoms. The third kappa shape index (κ3) is 21.9. The molecule has 0 atom stereocenters. The summed E-state index contributed by atoms with van der Waals surface area (Å²) in [5, 5.41) is 0. The van der Waals surface area contributed by atoms with Crippen molar-refractivity contribution in [2.75, 3.05) is 61.5 Å². The van der Waals surface area contributed by atoms with Crippen LogP contribution in [0.15, 0.2) is 140 Å². The van der Waals surface area contributed by atoms with Gasteiger partial charge in [-0.1, -0.05) is 74.7 Å². The summed E-state index contributed by atoms with van der Waals surface area (Å²) in [6.45, 7) is 1.31. The third-order valence-corrected chi connectivity index (χ3v) is 12.9. The molecule has 22 heteroatoms. The van der Waals surface area contributed by atoms with Crippen LogP contribution in [0.5, 0.6) is 11.5 Å². The minimum atomic E-state index is -2.10. The Morgan fingerprint density at radius 1 is 0.348 bits per heavy atom. The van der Waals surface area contributed by atoms with E-state index in [1.54, 1.807) is 0 Å². The molecule has 466 valence electrons. The predicted molar refractivity (Wildman–Crippen MR) is 319 cm³/mol. The van der Waals surface area contributed by atoms with Gasteiger partial charge in [-0.25, -0.2) is 43.2 Å². The van der Waals surface area contributed by atoms with E-state index in [0.29, 0.717) is 28.7 Å². The minimum Gasteiger partial charge on any atom is -0.466 e. The number of unbranched alkanes of at least 4 members (excludes halogenated alkanes) is 3. The highest BCUT2D eigenvalue weighted by Crippen LogP contribution is 2.35. The summed E-state index contributed by atoms with van der Waals surface area (Å²) in [6, 6.07) is 26.6. The minimum absolute atomic E-state index is 0.00868. The summed E-state index contributed by atoms with van der Waals surface area (Å²) in [5.74, 6) is -10.6. The van der Waals surface area contributed by atoms with E-state index in [4.69, 9.17) is 33.2 Å². The maximum atomic E-state index is 14.8. The number of ether oxygens (including phenoxy) is 11. The van der Waals surface area contributed by atoms with E-state index in [9.17, 15) is 52.7 Å². The summed E-state index contributed by atoms with van der Waals surface area (Å²) in [6.07, 6.45) is 13.6. The Hall–Kier alpha value is -10.8. The summed E-state index contributed by atoms with van der Waals surface area (Å²) in [5.41, 5.74) is -2.22. The van der Waals surface area contributed by atoms with E-state index in [1.807, 2.05) is 6.92 Å². The molecule has 0 saturated heterocycles. The molecule has 0 radical (unpaired) electrons. The summed E-state index contributed by atoms with van der Waals surface area (Å²) < 4.78 is 58.5.